The van der Waals surface area contributed by atoms with E-state index >= 15 is 0 Å². The van der Waals surface area contributed by atoms with Crippen molar-refractivity contribution in [1.29, 1.82) is 0 Å². The number of rotatable bonds is 5. The van der Waals surface area contributed by atoms with Gasteiger partial charge in [-0.25, -0.2) is 8.42 Å². The van der Waals surface area contributed by atoms with Crippen LogP contribution < -0.4 is 0 Å². The van der Waals surface area contributed by atoms with Crippen molar-refractivity contribution in [2.24, 2.45) is 0 Å². The van der Waals surface area contributed by atoms with Crippen molar-refractivity contribution in [2.45, 2.75) is 25.9 Å². The van der Waals surface area contributed by atoms with Crippen molar-refractivity contribution in [2.75, 3.05) is 11.5 Å². The average Bonchev–Trinajstić information content (AvgIpc) is 3.40. The van der Waals surface area contributed by atoms with Crippen molar-refractivity contribution in [3.05, 3.63) is 65.7 Å². The van der Waals surface area contributed by atoms with E-state index in [1.54, 1.807) is 18.2 Å². The van der Waals surface area contributed by atoms with Gasteiger partial charge in [0.1, 0.15) is 5.76 Å². The van der Waals surface area contributed by atoms with Crippen LogP contribution in [0.15, 0.2) is 57.7 Å². The second-order valence-corrected chi connectivity index (χ2v) is 9.24. The zero-order chi connectivity index (χ0) is 19.7. The third-order valence-corrected chi connectivity index (χ3v) is 6.63. The Balaban J connectivity index is 1.61. The van der Waals surface area contributed by atoms with Crippen LogP contribution in [0.1, 0.15) is 28.2 Å². The standard InChI is InChI=1S/C20H20N2O5S/c1-14-4-6-15(7-5-14)19-11-18(21-27-19)20(23)22(12-17-3-2-9-26-17)16-8-10-28(24,25)13-16/h2-7,9,11,16H,8,10,12-13H2,1H3/t16-/m1/s1. The SMILES string of the molecule is Cc1ccc(-c2cc(C(=O)N(Cc3ccco3)[C@@H]3CCS(=O)(=O)C3)no2)cc1. The molecule has 146 valence electrons. The molecule has 0 radical (unpaired) electrons. The number of furan rings is 1. The molecule has 0 bridgehead atoms. The Bertz CT molecular complexity index is 1070. The lowest BCUT2D eigenvalue weighted by molar-refractivity contribution is 0.0655. The highest BCUT2D eigenvalue weighted by Gasteiger charge is 2.36. The molecule has 0 unspecified atom stereocenters. The van der Waals surface area contributed by atoms with Crippen molar-refractivity contribution in [3.63, 3.8) is 0 Å². The summed E-state index contributed by atoms with van der Waals surface area (Å²) in [5.41, 5.74) is 2.08. The molecule has 1 fully saturated rings. The van der Waals surface area contributed by atoms with E-state index in [4.69, 9.17) is 8.94 Å². The van der Waals surface area contributed by atoms with Crippen LogP contribution in [0.2, 0.25) is 0 Å². The second-order valence-electron chi connectivity index (χ2n) is 7.01. The first-order valence-corrected chi connectivity index (χ1v) is 10.8. The van der Waals surface area contributed by atoms with Gasteiger partial charge in [0.25, 0.3) is 5.91 Å². The van der Waals surface area contributed by atoms with Crippen molar-refractivity contribution < 1.29 is 22.2 Å². The van der Waals surface area contributed by atoms with E-state index in [9.17, 15) is 13.2 Å². The van der Waals surface area contributed by atoms with E-state index < -0.39 is 15.9 Å². The van der Waals surface area contributed by atoms with Crippen LogP contribution in [0.4, 0.5) is 0 Å². The van der Waals surface area contributed by atoms with Gasteiger partial charge in [-0.3, -0.25) is 4.79 Å². The van der Waals surface area contributed by atoms with E-state index in [1.165, 1.54) is 11.2 Å². The lowest BCUT2D eigenvalue weighted by Crippen LogP contribution is -2.40. The Morgan fingerprint density at radius 3 is 2.68 bits per heavy atom. The number of aryl methyl sites for hydroxylation is 1. The number of hydrogen-bond acceptors (Lipinski definition) is 6. The van der Waals surface area contributed by atoms with Crippen molar-refractivity contribution in [3.8, 4) is 11.3 Å². The normalized spacial score (nSPS) is 18.2. The molecule has 7 nitrogen and oxygen atoms in total. The van der Waals surface area contributed by atoms with Gasteiger partial charge in [-0.05, 0) is 25.5 Å². The molecule has 1 atom stereocenters. The highest BCUT2D eigenvalue weighted by atomic mass is 32.2. The molecular formula is C20H20N2O5S. The Hall–Kier alpha value is -2.87. The van der Waals surface area contributed by atoms with Crippen molar-refractivity contribution >= 4 is 15.7 Å². The molecule has 1 saturated heterocycles. The van der Waals surface area contributed by atoms with Crippen LogP contribution in [-0.2, 0) is 16.4 Å². The molecule has 0 N–H and O–H groups in total. The number of hydrogen-bond donors (Lipinski definition) is 0. The lowest BCUT2D eigenvalue weighted by Gasteiger charge is -2.26. The van der Waals surface area contributed by atoms with E-state index in [0.29, 0.717) is 17.9 Å². The maximum atomic E-state index is 13.1. The molecule has 8 heteroatoms. The van der Waals surface area contributed by atoms with Gasteiger partial charge in [-0.2, -0.15) is 0 Å². The van der Waals surface area contributed by atoms with Crippen LogP contribution >= 0.6 is 0 Å². The molecule has 1 aliphatic rings. The van der Waals surface area contributed by atoms with E-state index in [-0.39, 0.29) is 29.7 Å². The number of aromatic nitrogens is 1. The molecule has 4 rings (SSSR count). The quantitative estimate of drug-likeness (QED) is 0.653. The van der Waals surface area contributed by atoms with Gasteiger partial charge in [0, 0.05) is 17.7 Å². The van der Waals surface area contributed by atoms with E-state index in [1.807, 2.05) is 31.2 Å². The number of amides is 1. The Kier molecular flexibility index (Phi) is 4.80. The summed E-state index contributed by atoms with van der Waals surface area (Å²) in [5, 5.41) is 3.93. The predicted molar refractivity (Wildman–Crippen MR) is 102 cm³/mol. The summed E-state index contributed by atoms with van der Waals surface area (Å²) in [7, 11) is -3.15. The molecule has 3 heterocycles. The third kappa shape index (κ3) is 3.87. The number of carbonyl (C=O) groups excluding carboxylic acids is 1. The fourth-order valence-corrected chi connectivity index (χ4v) is 5.07. The topological polar surface area (TPSA) is 93.6 Å². The maximum Gasteiger partial charge on any atom is 0.276 e. The molecule has 3 aromatic rings. The van der Waals surface area contributed by atoms with Gasteiger partial charge in [0.05, 0.1) is 24.3 Å². The molecular weight excluding hydrogens is 380 g/mol. The summed E-state index contributed by atoms with van der Waals surface area (Å²) in [6.45, 7) is 2.17. The smallest absolute Gasteiger partial charge is 0.276 e. The van der Waals surface area contributed by atoms with Gasteiger partial charge in [0.15, 0.2) is 21.3 Å². The predicted octanol–water partition coefficient (Wildman–Crippen LogP) is 3.07. The molecule has 1 aromatic carbocycles. The minimum absolute atomic E-state index is 0.0535. The Morgan fingerprint density at radius 2 is 2.04 bits per heavy atom. The molecule has 0 saturated carbocycles. The fraction of sp³-hybridized carbons (Fsp3) is 0.300. The summed E-state index contributed by atoms with van der Waals surface area (Å²) in [6.07, 6.45) is 1.92. The van der Waals surface area contributed by atoms with Crippen LogP contribution in [0.25, 0.3) is 11.3 Å². The number of nitrogens with zero attached hydrogens (tertiary/aromatic N) is 2. The highest BCUT2D eigenvalue weighted by molar-refractivity contribution is 7.91. The van der Waals surface area contributed by atoms with Crippen LogP contribution in [0.5, 0.6) is 0 Å². The molecule has 1 aliphatic heterocycles. The van der Waals surface area contributed by atoms with Gasteiger partial charge in [-0.15, -0.1) is 0 Å². The highest BCUT2D eigenvalue weighted by Crippen LogP contribution is 2.25. The van der Waals surface area contributed by atoms with Crippen molar-refractivity contribution in [1.82, 2.24) is 10.1 Å². The number of carbonyl (C=O) groups is 1. The van der Waals surface area contributed by atoms with Gasteiger partial charge >= 0.3 is 0 Å². The molecule has 1 amide bonds. The summed E-state index contributed by atoms with van der Waals surface area (Å²) in [6, 6.07) is 12.4. The lowest BCUT2D eigenvalue weighted by atomic mass is 10.1. The summed E-state index contributed by atoms with van der Waals surface area (Å²) < 4.78 is 34.6. The largest absolute Gasteiger partial charge is 0.467 e. The number of sulfone groups is 1. The van der Waals surface area contributed by atoms with Gasteiger partial charge in [0.2, 0.25) is 0 Å². The molecule has 0 spiro atoms. The first-order valence-electron chi connectivity index (χ1n) is 8.99. The minimum Gasteiger partial charge on any atom is -0.467 e. The molecule has 0 aliphatic carbocycles. The third-order valence-electron chi connectivity index (χ3n) is 4.88. The summed E-state index contributed by atoms with van der Waals surface area (Å²) in [4.78, 5) is 14.6. The zero-order valence-corrected chi connectivity index (χ0v) is 16.2. The summed E-state index contributed by atoms with van der Waals surface area (Å²) >= 11 is 0. The zero-order valence-electron chi connectivity index (χ0n) is 15.4. The fourth-order valence-electron chi connectivity index (χ4n) is 3.34. The maximum absolute atomic E-state index is 13.1. The van der Waals surface area contributed by atoms with Gasteiger partial charge in [-0.1, -0.05) is 35.0 Å². The number of benzene rings is 1. The van der Waals surface area contributed by atoms with Crippen LogP contribution in [-0.4, -0.2) is 41.9 Å². The van der Waals surface area contributed by atoms with Crippen LogP contribution in [0.3, 0.4) is 0 Å². The average molecular weight is 400 g/mol. The Morgan fingerprint density at radius 1 is 1.25 bits per heavy atom. The van der Waals surface area contributed by atoms with Gasteiger partial charge < -0.3 is 13.8 Å². The first-order chi connectivity index (χ1) is 13.4. The van der Waals surface area contributed by atoms with E-state index in [2.05, 4.69) is 5.16 Å². The summed E-state index contributed by atoms with van der Waals surface area (Å²) in [5.74, 6) is 0.718. The molecule has 2 aromatic heterocycles. The minimum atomic E-state index is -3.15. The monoisotopic (exact) mass is 400 g/mol. The van der Waals surface area contributed by atoms with Crippen LogP contribution in [0, 0.1) is 6.92 Å². The Labute approximate surface area is 162 Å². The first kappa shape index (κ1) is 18.5. The molecule has 28 heavy (non-hydrogen) atoms. The second kappa shape index (κ2) is 7.27. The van der Waals surface area contributed by atoms with E-state index in [0.717, 1.165) is 11.1 Å².